The Morgan fingerprint density at radius 1 is 1.60 bits per heavy atom. The zero-order chi connectivity index (χ0) is 7.19. The van der Waals surface area contributed by atoms with Gasteiger partial charge in [-0.25, -0.2) is 0 Å². The zero-order valence-electron chi connectivity index (χ0n) is 6.52. The number of carbonyl (C=O) groups excluding carboxylic acids is 1. The molecule has 0 aromatic rings. The summed E-state index contributed by atoms with van der Waals surface area (Å²) in [6, 6.07) is 0. The SMILES string of the molecule is CC(=O)CC1CC12CCC2. The molecule has 1 heteroatoms. The Morgan fingerprint density at radius 2 is 2.30 bits per heavy atom. The lowest BCUT2D eigenvalue weighted by atomic mass is 9.79. The Hall–Kier alpha value is -0.330. The van der Waals surface area contributed by atoms with Crippen molar-refractivity contribution in [2.24, 2.45) is 11.3 Å². The Bertz CT molecular complexity index is 168. The van der Waals surface area contributed by atoms with Crippen molar-refractivity contribution in [1.29, 1.82) is 0 Å². The van der Waals surface area contributed by atoms with E-state index in [-0.39, 0.29) is 0 Å². The minimum absolute atomic E-state index is 0.383. The predicted molar refractivity (Wildman–Crippen MR) is 39.7 cm³/mol. The van der Waals surface area contributed by atoms with Crippen LogP contribution in [0.3, 0.4) is 0 Å². The number of Topliss-reactive ketones (excluding diaryl/α,β-unsaturated/α-hetero) is 1. The van der Waals surface area contributed by atoms with E-state index in [0.717, 1.165) is 12.3 Å². The van der Waals surface area contributed by atoms with Gasteiger partial charge in [-0.15, -0.1) is 0 Å². The lowest BCUT2D eigenvalue weighted by molar-refractivity contribution is -0.117. The zero-order valence-corrected chi connectivity index (χ0v) is 6.52. The molecule has 0 aromatic heterocycles. The molecule has 0 amide bonds. The molecular weight excluding hydrogens is 124 g/mol. The van der Waals surface area contributed by atoms with Crippen LogP contribution in [0.5, 0.6) is 0 Å². The summed E-state index contributed by atoms with van der Waals surface area (Å²) in [4.78, 5) is 10.7. The van der Waals surface area contributed by atoms with E-state index < -0.39 is 0 Å². The normalized spacial score (nSPS) is 33.5. The topological polar surface area (TPSA) is 17.1 Å². The van der Waals surface area contributed by atoms with Crippen molar-refractivity contribution >= 4 is 5.78 Å². The van der Waals surface area contributed by atoms with Crippen molar-refractivity contribution in [2.75, 3.05) is 0 Å². The monoisotopic (exact) mass is 138 g/mol. The average molecular weight is 138 g/mol. The molecular formula is C9H14O. The third-order valence-electron chi connectivity index (χ3n) is 3.24. The first-order chi connectivity index (χ1) is 4.73. The van der Waals surface area contributed by atoms with E-state index in [4.69, 9.17) is 0 Å². The van der Waals surface area contributed by atoms with E-state index in [9.17, 15) is 4.79 Å². The smallest absolute Gasteiger partial charge is 0.130 e. The van der Waals surface area contributed by atoms with Crippen LogP contribution >= 0.6 is 0 Å². The van der Waals surface area contributed by atoms with Crippen molar-refractivity contribution in [3.8, 4) is 0 Å². The number of ketones is 1. The molecule has 0 radical (unpaired) electrons. The maximum atomic E-state index is 10.7. The summed E-state index contributed by atoms with van der Waals surface area (Å²) >= 11 is 0. The minimum atomic E-state index is 0.383. The first-order valence-corrected chi connectivity index (χ1v) is 4.22. The van der Waals surface area contributed by atoms with Crippen molar-refractivity contribution in [3.63, 3.8) is 0 Å². The summed E-state index contributed by atoms with van der Waals surface area (Å²) in [6.07, 6.45) is 6.44. The summed E-state index contributed by atoms with van der Waals surface area (Å²) in [5.74, 6) is 1.17. The summed E-state index contributed by atoms with van der Waals surface area (Å²) in [5.41, 5.74) is 0.700. The Morgan fingerprint density at radius 3 is 2.60 bits per heavy atom. The second-order valence-electron chi connectivity index (χ2n) is 4.02. The lowest BCUT2D eigenvalue weighted by Gasteiger charge is -2.26. The highest BCUT2D eigenvalue weighted by molar-refractivity contribution is 5.76. The minimum Gasteiger partial charge on any atom is -0.300 e. The number of rotatable bonds is 2. The van der Waals surface area contributed by atoms with Gasteiger partial charge in [-0.3, -0.25) is 0 Å². The van der Waals surface area contributed by atoms with E-state index in [2.05, 4.69) is 0 Å². The molecule has 1 nitrogen and oxygen atoms in total. The first-order valence-electron chi connectivity index (χ1n) is 4.22. The second-order valence-corrected chi connectivity index (χ2v) is 4.02. The molecule has 2 saturated carbocycles. The van der Waals surface area contributed by atoms with Gasteiger partial charge in [0.2, 0.25) is 0 Å². The highest BCUT2D eigenvalue weighted by Gasteiger charge is 2.57. The van der Waals surface area contributed by atoms with E-state index in [1.165, 1.54) is 25.7 Å². The number of hydrogen-bond donors (Lipinski definition) is 0. The summed E-state index contributed by atoms with van der Waals surface area (Å²) in [6.45, 7) is 1.71. The Labute approximate surface area is 61.8 Å². The maximum Gasteiger partial charge on any atom is 0.130 e. The molecule has 0 saturated heterocycles. The number of hydrogen-bond acceptors (Lipinski definition) is 1. The molecule has 1 spiro atoms. The summed E-state index contributed by atoms with van der Waals surface area (Å²) in [7, 11) is 0. The van der Waals surface area contributed by atoms with Crippen LogP contribution in [-0.2, 0) is 4.79 Å². The first kappa shape index (κ1) is 6.38. The molecule has 1 atom stereocenters. The van der Waals surface area contributed by atoms with Gasteiger partial charge in [-0.2, -0.15) is 0 Å². The molecule has 0 N–H and O–H groups in total. The number of carbonyl (C=O) groups is 1. The molecule has 10 heavy (non-hydrogen) atoms. The molecule has 2 aliphatic rings. The molecule has 0 heterocycles. The van der Waals surface area contributed by atoms with E-state index in [1.54, 1.807) is 6.92 Å². The summed E-state index contributed by atoms with van der Waals surface area (Å²) in [5, 5.41) is 0. The summed E-state index contributed by atoms with van der Waals surface area (Å²) < 4.78 is 0. The van der Waals surface area contributed by atoms with Crippen LogP contribution in [0.15, 0.2) is 0 Å². The van der Waals surface area contributed by atoms with Gasteiger partial charge in [0, 0.05) is 6.42 Å². The van der Waals surface area contributed by atoms with E-state index in [1.807, 2.05) is 0 Å². The van der Waals surface area contributed by atoms with Crippen molar-refractivity contribution in [1.82, 2.24) is 0 Å². The molecule has 1 unspecified atom stereocenters. The Kier molecular flexibility index (Phi) is 1.17. The highest BCUT2D eigenvalue weighted by atomic mass is 16.1. The molecule has 56 valence electrons. The van der Waals surface area contributed by atoms with Crippen molar-refractivity contribution < 1.29 is 4.79 Å². The van der Waals surface area contributed by atoms with Crippen molar-refractivity contribution in [2.45, 2.75) is 39.0 Å². The fourth-order valence-electron chi connectivity index (χ4n) is 2.31. The standard InChI is InChI=1S/C9H14O/c1-7(10)5-8-6-9(8)3-2-4-9/h8H,2-6H2,1H3. The van der Waals surface area contributed by atoms with Crippen LogP contribution in [0, 0.1) is 11.3 Å². The second kappa shape index (κ2) is 1.84. The predicted octanol–water partition coefficient (Wildman–Crippen LogP) is 2.16. The van der Waals surface area contributed by atoms with Gasteiger partial charge < -0.3 is 4.79 Å². The van der Waals surface area contributed by atoms with Gasteiger partial charge in [0.15, 0.2) is 0 Å². The van der Waals surface area contributed by atoms with Crippen LogP contribution in [0.2, 0.25) is 0 Å². The van der Waals surface area contributed by atoms with Crippen LogP contribution in [0.1, 0.15) is 39.0 Å². The van der Waals surface area contributed by atoms with Gasteiger partial charge >= 0.3 is 0 Å². The lowest BCUT2D eigenvalue weighted by Crippen LogP contribution is -2.15. The fourth-order valence-corrected chi connectivity index (χ4v) is 2.31. The molecule has 0 aromatic carbocycles. The van der Waals surface area contributed by atoms with Gasteiger partial charge in [0.25, 0.3) is 0 Å². The van der Waals surface area contributed by atoms with Crippen LogP contribution < -0.4 is 0 Å². The van der Waals surface area contributed by atoms with Crippen molar-refractivity contribution in [3.05, 3.63) is 0 Å². The molecule has 0 bridgehead atoms. The van der Waals surface area contributed by atoms with Crippen LogP contribution in [0.25, 0.3) is 0 Å². The van der Waals surface area contributed by atoms with Gasteiger partial charge in [-0.1, -0.05) is 6.42 Å². The Balaban J connectivity index is 1.84. The van der Waals surface area contributed by atoms with Gasteiger partial charge in [-0.05, 0) is 37.5 Å². The van der Waals surface area contributed by atoms with Crippen LogP contribution in [-0.4, -0.2) is 5.78 Å². The molecule has 2 rings (SSSR count). The van der Waals surface area contributed by atoms with E-state index in [0.29, 0.717) is 11.2 Å². The average Bonchev–Trinajstić information content (AvgIpc) is 2.37. The molecule has 0 aliphatic heterocycles. The van der Waals surface area contributed by atoms with E-state index >= 15 is 0 Å². The highest BCUT2D eigenvalue weighted by Crippen LogP contribution is 2.66. The molecule has 2 aliphatic carbocycles. The maximum absolute atomic E-state index is 10.7. The quantitative estimate of drug-likeness (QED) is 0.571. The fraction of sp³-hybridized carbons (Fsp3) is 0.889. The van der Waals surface area contributed by atoms with Gasteiger partial charge in [0.05, 0.1) is 0 Å². The third kappa shape index (κ3) is 0.799. The van der Waals surface area contributed by atoms with Gasteiger partial charge in [0.1, 0.15) is 5.78 Å². The third-order valence-corrected chi connectivity index (χ3v) is 3.24. The largest absolute Gasteiger partial charge is 0.300 e. The van der Waals surface area contributed by atoms with Crippen LogP contribution in [0.4, 0.5) is 0 Å². The molecule has 2 fully saturated rings.